The third-order valence-corrected chi connectivity index (χ3v) is 4.16. The van der Waals surface area contributed by atoms with Crippen LogP contribution in [0.3, 0.4) is 0 Å². The molecule has 2 saturated carbocycles. The van der Waals surface area contributed by atoms with E-state index in [0.29, 0.717) is 24.0 Å². The fourth-order valence-electron chi connectivity index (χ4n) is 2.90. The van der Waals surface area contributed by atoms with E-state index in [1.165, 1.54) is 19.3 Å². The van der Waals surface area contributed by atoms with Crippen molar-refractivity contribution in [1.29, 1.82) is 0 Å². The van der Waals surface area contributed by atoms with Crippen molar-refractivity contribution < 1.29 is 4.79 Å². The highest BCUT2D eigenvalue weighted by Crippen LogP contribution is 2.51. The minimum absolute atomic E-state index is 0.163. The molecule has 0 N–H and O–H groups in total. The Kier molecular flexibility index (Phi) is 2.16. The van der Waals surface area contributed by atoms with Gasteiger partial charge in [0, 0.05) is 17.7 Å². The number of hydrogen-bond acceptors (Lipinski definition) is 1. The molecule has 2 aliphatic rings. The van der Waals surface area contributed by atoms with Gasteiger partial charge in [-0.3, -0.25) is 4.79 Å². The summed E-state index contributed by atoms with van der Waals surface area (Å²) in [6.07, 6.45) is 4.37. The van der Waals surface area contributed by atoms with Crippen molar-refractivity contribution in [1.82, 2.24) is 0 Å². The summed E-state index contributed by atoms with van der Waals surface area (Å²) in [4.78, 5) is 11.5. The lowest BCUT2D eigenvalue weighted by molar-refractivity contribution is -0.123. The summed E-state index contributed by atoms with van der Waals surface area (Å²) in [5.41, 5.74) is 0. The van der Waals surface area contributed by atoms with Crippen LogP contribution in [0.5, 0.6) is 0 Å². The number of ketones is 1. The first kappa shape index (κ1) is 8.55. The molecular formula is C10H15ClO. The number of Topliss-reactive ketones (excluding diaryl/α,β-unsaturated/α-hetero) is 1. The van der Waals surface area contributed by atoms with Gasteiger partial charge in [-0.15, -0.1) is 11.6 Å². The minimum Gasteiger partial charge on any atom is -0.299 e. The summed E-state index contributed by atoms with van der Waals surface area (Å²) in [5.74, 6) is 1.87. The molecule has 68 valence electrons. The summed E-state index contributed by atoms with van der Waals surface area (Å²) in [7, 11) is 0. The molecule has 2 heteroatoms. The Labute approximate surface area is 78.5 Å². The van der Waals surface area contributed by atoms with Gasteiger partial charge in [-0.2, -0.15) is 0 Å². The topological polar surface area (TPSA) is 17.1 Å². The van der Waals surface area contributed by atoms with Crippen LogP contribution in [0.1, 0.15) is 32.6 Å². The largest absolute Gasteiger partial charge is 0.299 e. The normalized spacial score (nSPS) is 45.2. The van der Waals surface area contributed by atoms with E-state index >= 15 is 0 Å². The average molecular weight is 187 g/mol. The van der Waals surface area contributed by atoms with Crippen molar-refractivity contribution in [2.24, 2.45) is 17.8 Å². The summed E-state index contributed by atoms with van der Waals surface area (Å²) in [5, 5.41) is 0.163. The maximum Gasteiger partial charge on any atom is 0.137 e. The molecule has 0 aromatic carbocycles. The molecule has 2 aliphatic carbocycles. The first-order valence-corrected chi connectivity index (χ1v) is 5.34. The van der Waals surface area contributed by atoms with Gasteiger partial charge in [0.2, 0.25) is 0 Å². The summed E-state index contributed by atoms with van der Waals surface area (Å²) < 4.78 is 0. The van der Waals surface area contributed by atoms with Crippen LogP contribution in [0.15, 0.2) is 0 Å². The maximum atomic E-state index is 11.5. The fraction of sp³-hybridized carbons (Fsp3) is 0.900. The number of carbonyl (C=O) groups is 1. The Morgan fingerprint density at radius 3 is 2.58 bits per heavy atom. The van der Waals surface area contributed by atoms with E-state index in [9.17, 15) is 4.79 Å². The number of fused-ring (bicyclic) bond motifs is 2. The third-order valence-electron chi connectivity index (χ3n) is 3.54. The Balaban J connectivity index is 2.12. The Bertz CT molecular complexity index is 200. The van der Waals surface area contributed by atoms with Gasteiger partial charge in [0.05, 0.1) is 0 Å². The molecule has 1 nitrogen and oxygen atoms in total. The lowest BCUT2D eigenvalue weighted by Crippen LogP contribution is -2.29. The van der Waals surface area contributed by atoms with Crippen LogP contribution < -0.4 is 0 Å². The van der Waals surface area contributed by atoms with Crippen molar-refractivity contribution in [3.05, 3.63) is 0 Å². The molecule has 12 heavy (non-hydrogen) atoms. The second-order valence-electron chi connectivity index (χ2n) is 4.12. The standard InChI is InChI=1S/C10H15ClO/c1-2-8(12)9-6-3-4-7(5-6)10(9)11/h6-7,9-10H,2-5H2,1H3. The smallest absolute Gasteiger partial charge is 0.137 e. The SMILES string of the molecule is CCC(=O)C1C2CCC(C2)C1Cl. The predicted molar refractivity (Wildman–Crippen MR) is 49.3 cm³/mol. The molecular weight excluding hydrogens is 172 g/mol. The van der Waals surface area contributed by atoms with E-state index in [1.807, 2.05) is 6.92 Å². The Morgan fingerprint density at radius 1 is 1.42 bits per heavy atom. The van der Waals surface area contributed by atoms with Gasteiger partial charge in [0.25, 0.3) is 0 Å². The fourth-order valence-corrected chi connectivity index (χ4v) is 3.47. The van der Waals surface area contributed by atoms with Crippen molar-refractivity contribution in [3.8, 4) is 0 Å². The molecule has 2 rings (SSSR count). The predicted octanol–water partition coefficient (Wildman–Crippen LogP) is 2.62. The lowest BCUT2D eigenvalue weighted by Gasteiger charge is -2.24. The molecule has 0 radical (unpaired) electrons. The molecule has 4 atom stereocenters. The molecule has 0 spiro atoms. The van der Waals surface area contributed by atoms with Crippen LogP contribution in [-0.2, 0) is 4.79 Å². The number of rotatable bonds is 2. The molecule has 0 saturated heterocycles. The number of carbonyl (C=O) groups excluding carboxylic acids is 1. The van der Waals surface area contributed by atoms with Gasteiger partial charge in [0.15, 0.2) is 0 Å². The molecule has 0 aromatic heterocycles. The zero-order chi connectivity index (χ0) is 8.72. The molecule has 0 aliphatic heterocycles. The van der Waals surface area contributed by atoms with Crippen molar-refractivity contribution in [2.45, 2.75) is 38.0 Å². The maximum absolute atomic E-state index is 11.5. The first-order valence-electron chi connectivity index (χ1n) is 4.90. The minimum atomic E-state index is 0.163. The summed E-state index contributed by atoms with van der Waals surface area (Å²) in [6.45, 7) is 1.94. The van der Waals surface area contributed by atoms with Crippen molar-refractivity contribution in [3.63, 3.8) is 0 Å². The van der Waals surface area contributed by atoms with Gasteiger partial charge in [0.1, 0.15) is 5.78 Å². The third kappa shape index (κ3) is 1.10. The first-order chi connectivity index (χ1) is 5.74. The Morgan fingerprint density at radius 2 is 2.08 bits per heavy atom. The van der Waals surface area contributed by atoms with E-state index in [-0.39, 0.29) is 11.3 Å². The van der Waals surface area contributed by atoms with E-state index in [1.54, 1.807) is 0 Å². The van der Waals surface area contributed by atoms with Gasteiger partial charge in [-0.05, 0) is 31.1 Å². The van der Waals surface area contributed by atoms with Gasteiger partial charge < -0.3 is 0 Å². The second-order valence-corrected chi connectivity index (χ2v) is 4.63. The number of alkyl halides is 1. The van der Waals surface area contributed by atoms with Crippen LogP contribution in [0.25, 0.3) is 0 Å². The van der Waals surface area contributed by atoms with Crippen LogP contribution in [0.4, 0.5) is 0 Å². The highest BCUT2D eigenvalue weighted by Gasteiger charge is 2.49. The zero-order valence-electron chi connectivity index (χ0n) is 7.42. The van der Waals surface area contributed by atoms with Crippen molar-refractivity contribution >= 4 is 17.4 Å². The van der Waals surface area contributed by atoms with Crippen LogP contribution in [-0.4, -0.2) is 11.2 Å². The summed E-state index contributed by atoms with van der Waals surface area (Å²) in [6, 6.07) is 0. The van der Waals surface area contributed by atoms with Gasteiger partial charge in [-0.1, -0.05) is 6.92 Å². The zero-order valence-corrected chi connectivity index (χ0v) is 8.18. The number of halogens is 1. The molecule has 0 amide bonds. The highest BCUT2D eigenvalue weighted by molar-refractivity contribution is 6.22. The van der Waals surface area contributed by atoms with E-state index < -0.39 is 0 Å². The quantitative estimate of drug-likeness (QED) is 0.606. The van der Waals surface area contributed by atoms with Gasteiger partial charge >= 0.3 is 0 Å². The van der Waals surface area contributed by atoms with E-state index in [0.717, 1.165) is 0 Å². The van der Waals surface area contributed by atoms with E-state index in [4.69, 9.17) is 11.6 Å². The van der Waals surface area contributed by atoms with E-state index in [2.05, 4.69) is 0 Å². The summed E-state index contributed by atoms with van der Waals surface area (Å²) >= 11 is 6.23. The van der Waals surface area contributed by atoms with Crippen LogP contribution in [0, 0.1) is 17.8 Å². The van der Waals surface area contributed by atoms with Gasteiger partial charge in [-0.25, -0.2) is 0 Å². The average Bonchev–Trinajstić information content (AvgIpc) is 2.63. The molecule has 0 heterocycles. The Hall–Kier alpha value is -0.0400. The highest BCUT2D eigenvalue weighted by atomic mass is 35.5. The molecule has 4 unspecified atom stereocenters. The molecule has 0 aromatic rings. The number of hydrogen-bond donors (Lipinski definition) is 0. The lowest BCUT2D eigenvalue weighted by atomic mass is 9.84. The monoisotopic (exact) mass is 186 g/mol. The van der Waals surface area contributed by atoms with Crippen LogP contribution in [0.2, 0.25) is 0 Å². The molecule has 2 fully saturated rings. The molecule has 2 bridgehead atoms. The second kappa shape index (κ2) is 3.02. The van der Waals surface area contributed by atoms with Crippen LogP contribution >= 0.6 is 11.6 Å². The van der Waals surface area contributed by atoms with Crippen molar-refractivity contribution in [2.75, 3.05) is 0 Å².